The molecule has 0 heterocycles. The van der Waals surface area contributed by atoms with E-state index in [2.05, 4.69) is 23.2 Å². The molecule has 0 aromatic rings. The van der Waals surface area contributed by atoms with Crippen LogP contribution in [0.2, 0.25) is 0 Å². The van der Waals surface area contributed by atoms with Gasteiger partial charge in [0.15, 0.2) is 0 Å². The van der Waals surface area contributed by atoms with Gasteiger partial charge in [0.1, 0.15) is 5.54 Å². The van der Waals surface area contributed by atoms with E-state index in [4.69, 9.17) is 5.26 Å². The van der Waals surface area contributed by atoms with E-state index in [-0.39, 0.29) is 0 Å². The molecule has 0 spiro atoms. The molecule has 1 aliphatic rings. The number of nitrogens with zero attached hydrogens (tertiary/aromatic N) is 2. The zero-order valence-electron chi connectivity index (χ0n) is 10.2. The van der Waals surface area contributed by atoms with Gasteiger partial charge in [0, 0.05) is 13.1 Å². The molecule has 3 heteroatoms. The van der Waals surface area contributed by atoms with Crippen molar-refractivity contribution in [2.24, 2.45) is 5.92 Å². The SMILES string of the molecule is CCCN(CC1CC1)CC(C)(C#N)NC. The van der Waals surface area contributed by atoms with Crippen LogP contribution in [0.4, 0.5) is 0 Å². The maximum Gasteiger partial charge on any atom is 0.116 e. The lowest BCUT2D eigenvalue weighted by atomic mass is 10.0. The first kappa shape index (κ1) is 12.5. The van der Waals surface area contributed by atoms with Gasteiger partial charge in [0.05, 0.1) is 6.07 Å². The van der Waals surface area contributed by atoms with Crippen molar-refractivity contribution in [3.8, 4) is 6.07 Å². The number of likely N-dealkylation sites (N-methyl/N-ethyl adjacent to an activating group) is 1. The zero-order chi connectivity index (χ0) is 11.3. The minimum absolute atomic E-state index is 0.399. The van der Waals surface area contributed by atoms with E-state index >= 15 is 0 Å². The van der Waals surface area contributed by atoms with Crippen molar-refractivity contribution < 1.29 is 0 Å². The molecule has 0 aromatic heterocycles. The van der Waals surface area contributed by atoms with Gasteiger partial charge in [-0.2, -0.15) is 5.26 Å². The summed E-state index contributed by atoms with van der Waals surface area (Å²) in [6.45, 7) is 7.29. The van der Waals surface area contributed by atoms with E-state index in [1.807, 2.05) is 14.0 Å². The Bertz CT molecular complexity index is 230. The zero-order valence-corrected chi connectivity index (χ0v) is 10.2. The molecule has 1 rings (SSSR count). The highest BCUT2D eigenvalue weighted by Gasteiger charge is 2.29. The Kier molecular flexibility index (Phi) is 4.56. The number of rotatable bonds is 7. The summed E-state index contributed by atoms with van der Waals surface area (Å²) in [7, 11) is 1.87. The van der Waals surface area contributed by atoms with E-state index < -0.39 is 5.54 Å². The van der Waals surface area contributed by atoms with Gasteiger partial charge >= 0.3 is 0 Å². The van der Waals surface area contributed by atoms with Gasteiger partial charge in [-0.05, 0) is 45.7 Å². The van der Waals surface area contributed by atoms with E-state index in [1.54, 1.807) is 0 Å². The molecular weight excluding hydrogens is 186 g/mol. The van der Waals surface area contributed by atoms with Crippen molar-refractivity contribution in [2.75, 3.05) is 26.7 Å². The topological polar surface area (TPSA) is 39.1 Å². The molecule has 15 heavy (non-hydrogen) atoms. The average molecular weight is 209 g/mol. The molecule has 0 amide bonds. The molecule has 86 valence electrons. The van der Waals surface area contributed by atoms with Gasteiger partial charge in [-0.1, -0.05) is 6.92 Å². The van der Waals surface area contributed by atoms with Crippen molar-refractivity contribution in [3.05, 3.63) is 0 Å². The van der Waals surface area contributed by atoms with Crippen LogP contribution in [0.25, 0.3) is 0 Å². The summed E-state index contributed by atoms with van der Waals surface area (Å²) in [5.41, 5.74) is -0.399. The van der Waals surface area contributed by atoms with Crippen LogP contribution >= 0.6 is 0 Å². The van der Waals surface area contributed by atoms with Gasteiger partial charge in [-0.15, -0.1) is 0 Å². The van der Waals surface area contributed by atoms with E-state index in [1.165, 1.54) is 19.4 Å². The summed E-state index contributed by atoms with van der Waals surface area (Å²) in [4.78, 5) is 2.43. The first-order valence-electron chi connectivity index (χ1n) is 5.96. The van der Waals surface area contributed by atoms with Crippen molar-refractivity contribution >= 4 is 0 Å². The van der Waals surface area contributed by atoms with Crippen molar-refractivity contribution in [2.45, 2.75) is 38.6 Å². The van der Waals surface area contributed by atoms with Gasteiger partial charge in [0.2, 0.25) is 0 Å². The Balaban J connectivity index is 2.44. The first-order chi connectivity index (χ1) is 7.13. The molecule has 1 saturated carbocycles. The minimum atomic E-state index is -0.399. The van der Waals surface area contributed by atoms with Crippen molar-refractivity contribution in [1.29, 1.82) is 5.26 Å². The predicted molar refractivity (Wildman–Crippen MR) is 62.5 cm³/mol. The molecular formula is C12H23N3. The van der Waals surface area contributed by atoms with Crippen LogP contribution in [0.1, 0.15) is 33.1 Å². The molecule has 0 aliphatic heterocycles. The third-order valence-electron chi connectivity index (χ3n) is 3.09. The number of hydrogen-bond donors (Lipinski definition) is 1. The fourth-order valence-electron chi connectivity index (χ4n) is 1.83. The maximum atomic E-state index is 9.11. The Hall–Kier alpha value is -0.590. The van der Waals surface area contributed by atoms with Gasteiger partial charge < -0.3 is 10.2 Å². The highest BCUT2D eigenvalue weighted by atomic mass is 15.2. The molecule has 1 fully saturated rings. The van der Waals surface area contributed by atoms with Crippen molar-refractivity contribution in [3.63, 3.8) is 0 Å². The number of nitriles is 1. The van der Waals surface area contributed by atoms with Crippen LogP contribution in [0.15, 0.2) is 0 Å². The fraction of sp³-hybridized carbons (Fsp3) is 0.917. The predicted octanol–water partition coefficient (Wildman–Crippen LogP) is 1.61. The molecule has 0 saturated heterocycles. The summed E-state index contributed by atoms with van der Waals surface area (Å²) in [6, 6.07) is 2.36. The summed E-state index contributed by atoms with van der Waals surface area (Å²) in [6.07, 6.45) is 3.92. The van der Waals surface area contributed by atoms with Crippen LogP contribution < -0.4 is 5.32 Å². The normalized spacial score (nSPS) is 19.9. The van der Waals surface area contributed by atoms with Crippen LogP contribution in [0.5, 0.6) is 0 Å². The van der Waals surface area contributed by atoms with Crippen LogP contribution in [-0.2, 0) is 0 Å². The lowest BCUT2D eigenvalue weighted by Crippen LogP contribution is -2.49. The van der Waals surface area contributed by atoms with E-state index in [0.29, 0.717) is 0 Å². The smallest absolute Gasteiger partial charge is 0.116 e. The fourth-order valence-corrected chi connectivity index (χ4v) is 1.83. The Morgan fingerprint density at radius 1 is 1.53 bits per heavy atom. The standard InChI is InChI=1S/C12H23N3/c1-4-7-15(8-11-5-6-11)10-12(2,9-13)14-3/h11,14H,4-8,10H2,1-3H3. The summed E-state index contributed by atoms with van der Waals surface area (Å²) in [5, 5.41) is 12.2. The monoisotopic (exact) mass is 209 g/mol. The van der Waals surface area contributed by atoms with E-state index in [9.17, 15) is 0 Å². The molecule has 1 unspecified atom stereocenters. The Morgan fingerprint density at radius 2 is 2.20 bits per heavy atom. The molecule has 1 aliphatic carbocycles. The molecule has 3 nitrogen and oxygen atoms in total. The highest BCUT2D eigenvalue weighted by molar-refractivity contribution is 5.05. The second kappa shape index (κ2) is 5.48. The second-order valence-electron chi connectivity index (χ2n) is 4.87. The van der Waals surface area contributed by atoms with Crippen molar-refractivity contribution in [1.82, 2.24) is 10.2 Å². The summed E-state index contributed by atoms with van der Waals surface area (Å²) >= 11 is 0. The molecule has 1 N–H and O–H groups in total. The molecule has 0 aromatic carbocycles. The minimum Gasteiger partial charge on any atom is -0.302 e. The number of hydrogen-bond acceptors (Lipinski definition) is 3. The van der Waals surface area contributed by atoms with Gasteiger partial charge in [-0.25, -0.2) is 0 Å². The average Bonchev–Trinajstić information content (AvgIpc) is 3.02. The van der Waals surface area contributed by atoms with Gasteiger partial charge in [0.25, 0.3) is 0 Å². The highest BCUT2D eigenvalue weighted by Crippen LogP contribution is 2.30. The molecule has 0 radical (unpaired) electrons. The lowest BCUT2D eigenvalue weighted by molar-refractivity contribution is 0.217. The van der Waals surface area contributed by atoms with Crippen LogP contribution in [-0.4, -0.2) is 37.1 Å². The largest absolute Gasteiger partial charge is 0.302 e. The molecule has 0 bridgehead atoms. The summed E-state index contributed by atoms with van der Waals surface area (Å²) in [5.74, 6) is 0.899. The quantitative estimate of drug-likeness (QED) is 0.692. The molecule has 1 atom stereocenters. The second-order valence-corrected chi connectivity index (χ2v) is 4.87. The van der Waals surface area contributed by atoms with E-state index in [0.717, 1.165) is 25.4 Å². The lowest BCUT2D eigenvalue weighted by Gasteiger charge is -2.30. The Morgan fingerprint density at radius 3 is 2.60 bits per heavy atom. The number of nitrogens with one attached hydrogen (secondary N) is 1. The Labute approximate surface area is 93.5 Å². The van der Waals surface area contributed by atoms with Gasteiger partial charge in [-0.3, -0.25) is 0 Å². The third kappa shape index (κ3) is 4.19. The third-order valence-corrected chi connectivity index (χ3v) is 3.09. The van der Waals surface area contributed by atoms with Crippen LogP contribution in [0, 0.1) is 17.2 Å². The maximum absolute atomic E-state index is 9.11. The first-order valence-corrected chi connectivity index (χ1v) is 5.96. The van der Waals surface area contributed by atoms with Crippen LogP contribution in [0.3, 0.4) is 0 Å². The summed E-state index contributed by atoms with van der Waals surface area (Å²) < 4.78 is 0.